The van der Waals surface area contributed by atoms with Crippen LogP contribution in [0.3, 0.4) is 0 Å². The smallest absolute Gasteiger partial charge is 0.270 e. The molecule has 2 fully saturated rings. The van der Waals surface area contributed by atoms with Crippen LogP contribution in [0.4, 0.5) is 0 Å². The highest BCUT2D eigenvalue weighted by Crippen LogP contribution is 2.12. The number of carbonyl (C=O) groups excluding carboxylic acids is 3. The number of hydrogen-bond donors (Lipinski definition) is 1. The monoisotopic (exact) mass is 360 g/mol. The molecule has 1 aromatic rings. The molecular weight excluding hydrogens is 332 g/mol. The van der Waals surface area contributed by atoms with E-state index in [-0.39, 0.29) is 17.6 Å². The lowest BCUT2D eigenvalue weighted by Crippen LogP contribution is -2.51. The molecule has 0 aromatic carbocycles. The highest BCUT2D eigenvalue weighted by Gasteiger charge is 2.26. The molecule has 2 aliphatic rings. The molecule has 3 rings (SSSR count). The van der Waals surface area contributed by atoms with Gasteiger partial charge in [0.15, 0.2) is 5.78 Å². The van der Waals surface area contributed by atoms with Crippen molar-refractivity contribution in [3.63, 3.8) is 0 Å². The summed E-state index contributed by atoms with van der Waals surface area (Å²) in [4.78, 5) is 45.2. The van der Waals surface area contributed by atoms with Gasteiger partial charge >= 0.3 is 0 Å². The number of Topliss-reactive ketones (excluding diaryl/α,β-unsaturated/α-hetero) is 1. The van der Waals surface area contributed by atoms with Gasteiger partial charge in [-0.1, -0.05) is 12.8 Å². The lowest BCUT2D eigenvalue weighted by Gasteiger charge is -2.35. The Labute approximate surface area is 154 Å². The molecule has 0 atom stereocenters. The molecule has 142 valence electrons. The highest BCUT2D eigenvalue weighted by atomic mass is 16.2. The molecule has 0 spiro atoms. The summed E-state index contributed by atoms with van der Waals surface area (Å²) in [6, 6.07) is 1.61. The summed E-state index contributed by atoms with van der Waals surface area (Å²) in [5.74, 6) is 0.0651. The third-order valence-corrected chi connectivity index (χ3v) is 5.30. The molecule has 1 N–H and O–H groups in total. The van der Waals surface area contributed by atoms with Crippen LogP contribution in [0.2, 0.25) is 0 Å². The summed E-state index contributed by atoms with van der Waals surface area (Å²) in [7, 11) is 0. The normalized spacial score (nSPS) is 19.3. The van der Waals surface area contributed by atoms with E-state index in [4.69, 9.17) is 0 Å². The Balaban J connectivity index is 1.48. The van der Waals surface area contributed by atoms with Gasteiger partial charge in [0.1, 0.15) is 5.69 Å². The van der Waals surface area contributed by atoms with Crippen molar-refractivity contribution >= 4 is 17.6 Å². The Kier molecular flexibility index (Phi) is 6.08. The van der Waals surface area contributed by atoms with Gasteiger partial charge in [-0.2, -0.15) is 0 Å². The second kappa shape index (κ2) is 8.49. The minimum atomic E-state index is -0.0870. The SMILES string of the molecule is CC(=O)c1c[nH]c(C(=O)N2CCN(CC(=O)N3CCCCCC3)CC2)c1. The number of carbonyl (C=O) groups is 3. The first-order valence-corrected chi connectivity index (χ1v) is 9.53. The minimum Gasteiger partial charge on any atom is -0.356 e. The fraction of sp³-hybridized carbons (Fsp3) is 0.632. The fourth-order valence-electron chi connectivity index (χ4n) is 3.61. The van der Waals surface area contributed by atoms with Crippen LogP contribution >= 0.6 is 0 Å². The van der Waals surface area contributed by atoms with Gasteiger partial charge in [0.05, 0.1) is 6.54 Å². The fourth-order valence-corrected chi connectivity index (χ4v) is 3.61. The first kappa shape index (κ1) is 18.6. The number of rotatable bonds is 4. The zero-order valence-corrected chi connectivity index (χ0v) is 15.5. The third-order valence-electron chi connectivity index (χ3n) is 5.30. The van der Waals surface area contributed by atoms with Gasteiger partial charge in [0, 0.05) is 51.0 Å². The number of H-pyrrole nitrogens is 1. The minimum absolute atomic E-state index is 0.0582. The van der Waals surface area contributed by atoms with Crippen molar-refractivity contribution in [1.29, 1.82) is 0 Å². The maximum atomic E-state index is 12.5. The zero-order valence-electron chi connectivity index (χ0n) is 15.5. The Morgan fingerprint density at radius 2 is 1.58 bits per heavy atom. The van der Waals surface area contributed by atoms with Crippen molar-refractivity contribution in [2.75, 3.05) is 45.8 Å². The van der Waals surface area contributed by atoms with Crippen molar-refractivity contribution < 1.29 is 14.4 Å². The van der Waals surface area contributed by atoms with E-state index in [0.29, 0.717) is 44.0 Å². The summed E-state index contributed by atoms with van der Waals surface area (Å²) >= 11 is 0. The molecule has 0 aliphatic carbocycles. The maximum absolute atomic E-state index is 12.5. The maximum Gasteiger partial charge on any atom is 0.270 e. The number of aromatic nitrogens is 1. The molecule has 1 aromatic heterocycles. The van der Waals surface area contributed by atoms with Crippen molar-refractivity contribution in [1.82, 2.24) is 19.7 Å². The summed E-state index contributed by atoms with van der Waals surface area (Å²) < 4.78 is 0. The van der Waals surface area contributed by atoms with E-state index in [9.17, 15) is 14.4 Å². The Hall–Kier alpha value is -2.15. The van der Waals surface area contributed by atoms with Gasteiger partial charge < -0.3 is 14.8 Å². The van der Waals surface area contributed by atoms with Crippen LogP contribution in [0.5, 0.6) is 0 Å². The summed E-state index contributed by atoms with van der Waals surface area (Å²) in [5, 5.41) is 0. The predicted molar refractivity (Wildman–Crippen MR) is 98.2 cm³/mol. The van der Waals surface area contributed by atoms with Crippen LogP contribution in [-0.4, -0.2) is 83.1 Å². The van der Waals surface area contributed by atoms with Crippen molar-refractivity contribution in [2.24, 2.45) is 0 Å². The molecule has 0 radical (unpaired) electrons. The lowest BCUT2D eigenvalue weighted by molar-refractivity contribution is -0.132. The van der Waals surface area contributed by atoms with E-state index in [1.54, 1.807) is 17.2 Å². The topological polar surface area (TPSA) is 76.7 Å². The van der Waals surface area contributed by atoms with E-state index in [2.05, 4.69) is 9.88 Å². The van der Waals surface area contributed by atoms with Crippen LogP contribution in [-0.2, 0) is 4.79 Å². The molecule has 7 heteroatoms. The number of ketones is 1. The van der Waals surface area contributed by atoms with Gasteiger partial charge in [0.2, 0.25) is 5.91 Å². The van der Waals surface area contributed by atoms with Gasteiger partial charge in [-0.15, -0.1) is 0 Å². The molecule has 7 nitrogen and oxygen atoms in total. The van der Waals surface area contributed by atoms with Crippen LogP contribution < -0.4 is 0 Å². The second-order valence-corrected chi connectivity index (χ2v) is 7.22. The van der Waals surface area contributed by atoms with E-state index in [1.165, 1.54) is 19.8 Å². The number of nitrogens with one attached hydrogen (secondary N) is 1. The number of likely N-dealkylation sites (tertiary alicyclic amines) is 1. The Morgan fingerprint density at radius 3 is 2.15 bits per heavy atom. The van der Waals surface area contributed by atoms with Gasteiger partial charge in [-0.25, -0.2) is 0 Å². The Morgan fingerprint density at radius 1 is 0.923 bits per heavy atom. The molecule has 26 heavy (non-hydrogen) atoms. The predicted octanol–water partition coefficient (Wildman–Crippen LogP) is 1.38. The standard InChI is InChI=1S/C19H28N4O3/c1-15(24)16-12-17(20-13-16)19(26)23-10-8-21(9-11-23)14-18(25)22-6-4-2-3-5-7-22/h12-13,20H,2-11,14H2,1H3. The third kappa shape index (κ3) is 4.52. The average molecular weight is 360 g/mol. The van der Waals surface area contributed by atoms with Crippen LogP contribution in [0, 0.1) is 0 Å². The number of aromatic amines is 1. The number of piperazine rings is 1. The molecule has 0 unspecified atom stereocenters. The molecule has 0 saturated carbocycles. The summed E-state index contributed by atoms with van der Waals surface area (Å²) in [6.45, 7) is 6.28. The molecule has 3 heterocycles. The summed E-state index contributed by atoms with van der Waals surface area (Å²) in [5.41, 5.74) is 0.972. The highest BCUT2D eigenvalue weighted by molar-refractivity contribution is 5.99. The van der Waals surface area contributed by atoms with E-state index in [1.807, 2.05) is 4.90 Å². The number of hydrogen-bond acceptors (Lipinski definition) is 4. The number of amides is 2. The largest absolute Gasteiger partial charge is 0.356 e. The first-order valence-electron chi connectivity index (χ1n) is 9.53. The number of nitrogens with zero attached hydrogens (tertiary/aromatic N) is 3. The van der Waals surface area contributed by atoms with Gasteiger partial charge in [0.25, 0.3) is 5.91 Å². The molecule has 2 amide bonds. The van der Waals surface area contributed by atoms with Crippen LogP contribution in [0.15, 0.2) is 12.3 Å². The molecule has 2 saturated heterocycles. The zero-order chi connectivity index (χ0) is 18.5. The first-order chi connectivity index (χ1) is 12.5. The second-order valence-electron chi connectivity index (χ2n) is 7.22. The van der Waals surface area contributed by atoms with E-state index >= 15 is 0 Å². The summed E-state index contributed by atoms with van der Waals surface area (Å²) in [6.07, 6.45) is 6.22. The van der Waals surface area contributed by atoms with Gasteiger partial charge in [-0.05, 0) is 25.8 Å². The van der Waals surface area contributed by atoms with E-state index in [0.717, 1.165) is 25.9 Å². The van der Waals surface area contributed by atoms with Crippen molar-refractivity contribution in [3.8, 4) is 0 Å². The molecule has 2 aliphatic heterocycles. The van der Waals surface area contributed by atoms with Crippen LogP contribution in [0.25, 0.3) is 0 Å². The lowest BCUT2D eigenvalue weighted by atomic mass is 10.2. The van der Waals surface area contributed by atoms with Gasteiger partial charge in [-0.3, -0.25) is 19.3 Å². The Bertz CT molecular complexity index is 653. The molecule has 0 bridgehead atoms. The molecular formula is C19H28N4O3. The van der Waals surface area contributed by atoms with Crippen molar-refractivity contribution in [2.45, 2.75) is 32.6 Å². The average Bonchev–Trinajstić information content (AvgIpc) is 2.98. The van der Waals surface area contributed by atoms with E-state index < -0.39 is 0 Å². The van der Waals surface area contributed by atoms with Crippen molar-refractivity contribution in [3.05, 3.63) is 23.5 Å². The quantitative estimate of drug-likeness (QED) is 0.823. The van der Waals surface area contributed by atoms with Crippen LogP contribution in [0.1, 0.15) is 53.5 Å².